The minimum Gasteiger partial charge on any atom is -0.469 e. The van der Waals surface area contributed by atoms with Gasteiger partial charge in [-0.2, -0.15) is 0 Å². The molecule has 46 heavy (non-hydrogen) atoms. The van der Waals surface area contributed by atoms with Crippen LogP contribution in [0.1, 0.15) is 67.2 Å². The van der Waals surface area contributed by atoms with Crippen LogP contribution in [0, 0.1) is 17.8 Å². The lowest BCUT2D eigenvalue weighted by atomic mass is 9.87. The Hall–Kier alpha value is -2.88. The van der Waals surface area contributed by atoms with E-state index in [4.69, 9.17) is 34.0 Å². The molecular formula is C28H47N9O9. The number of rotatable bonds is 14. The van der Waals surface area contributed by atoms with Gasteiger partial charge in [0.2, 0.25) is 0 Å². The zero-order valence-electron chi connectivity index (χ0n) is 27.4. The Morgan fingerprint density at radius 2 is 1.15 bits per heavy atom. The largest absolute Gasteiger partial charge is 0.469 e. The van der Waals surface area contributed by atoms with Crippen LogP contribution in [-0.4, -0.2) is 98.4 Å². The van der Waals surface area contributed by atoms with E-state index >= 15 is 0 Å². The Morgan fingerprint density at radius 3 is 1.67 bits per heavy atom. The normalized spacial score (nSPS) is 40.9. The molecule has 0 aromatic heterocycles. The fourth-order valence-corrected chi connectivity index (χ4v) is 6.40. The van der Waals surface area contributed by atoms with Gasteiger partial charge >= 0.3 is 5.97 Å². The molecule has 0 aromatic carbocycles. The smallest absolute Gasteiger partial charge is 0.305 e. The lowest BCUT2D eigenvalue weighted by Gasteiger charge is -2.49. The van der Waals surface area contributed by atoms with Crippen LogP contribution < -0.4 is 0 Å². The first-order valence-electron chi connectivity index (χ1n) is 15.7. The predicted octanol–water partition coefficient (Wildman–Crippen LogP) is 5.05. The summed E-state index contributed by atoms with van der Waals surface area (Å²) < 4.78 is 42.2. The molecule has 0 radical (unpaired) electrons. The minimum absolute atomic E-state index is 0.266. The summed E-state index contributed by atoms with van der Waals surface area (Å²) in [5.41, 5.74) is 27.5. The Morgan fingerprint density at radius 1 is 0.696 bits per heavy atom. The van der Waals surface area contributed by atoms with Gasteiger partial charge in [-0.1, -0.05) is 42.5 Å². The fourth-order valence-electron chi connectivity index (χ4n) is 6.40. The van der Waals surface area contributed by atoms with Gasteiger partial charge in [0.25, 0.3) is 0 Å². The molecule has 3 saturated heterocycles. The van der Waals surface area contributed by atoms with E-state index in [-0.39, 0.29) is 11.9 Å². The van der Waals surface area contributed by atoms with E-state index in [0.29, 0.717) is 25.9 Å². The van der Waals surface area contributed by atoms with Crippen LogP contribution in [0.2, 0.25) is 0 Å². The van der Waals surface area contributed by atoms with Crippen LogP contribution in [-0.2, 0) is 38.0 Å². The highest BCUT2D eigenvalue weighted by atomic mass is 16.8. The Kier molecular flexibility index (Phi) is 14.6. The second kappa shape index (κ2) is 17.9. The average Bonchev–Trinajstić information content (AvgIpc) is 3.02. The first-order valence-corrected chi connectivity index (χ1v) is 15.7. The van der Waals surface area contributed by atoms with Gasteiger partial charge in [0.05, 0.1) is 43.5 Å². The highest BCUT2D eigenvalue weighted by molar-refractivity contribution is 5.68. The molecule has 258 valence electrons. The molecule has 0 aromatic rings. The van der Waals surface area contributed by atoms with Crippen molar-refractivity contribution in [2.75, 3.05) is 13.7 Å². The third-order valence-corrected chi connectivity index (χ3v) is 9.17. The number of unbranched alkanes of at least 4 members (excludes halogenated alkanes) is 2. The van der Waals surface area contributed by atoms with Crippen LogP contribution in [0.25, 0.3) is 31.3 Å². The molecule has 3 fully saturated rings. The van der Waals surface area contributed by atoms with Crippen molar-refractivity contribution in [2.45, 2.75) is 141 Å². The van der Waals surface area contributed by atoms with Gasteiger partial charge in [-0.25, -0.2) is 0 Å². The summed E-state index contributed by atoms with van der Waals surface area (Å²) in [5.74, 6) is -1.59. The predicted molar refractivity (Wildman–Crippen MR) is 161 cm³/mol. The molecule has 0 aliphatic carbocycles. The molecule has 0 amide bonds. The van der Waals surface area contributed by atoms with E-state index in [1.54, 1.807) is 27.7 Å². The first-order chi connectivity index (χ1) is 22.0. The second-order valence-corrected chi connectivity index (χ2v) is 12.2. The van der Waals surface area contributed by atoms with Gasteiger partial charge in [-0.15, -0.1) is 0 Å². The summed E-state index contributed by atoms with van der Waals surface area (Å²) in [5, 5.41) is 22.8. The number of ether oxygens (including phenoxy) is 7. The van der Waals surface area contributed by atoms with E-state index in [1.165, 1.54) is 7.11 Å². The van der Waals surface area contributed by atoms with Gasteiger partial charge in [0, 0.05) is 27.8 Å². The maximum absolute atomic E-state index is 11.4. The quantitative estimate of drug-likeness (QED) is 0.0864. The van der Waals surface area contributed by atoms with Gasteiger partial charge in [0.1, 0.15) is 18.3 Å². The second-order valence-electron chi connectivity index (χ2n) is 12.2. The number of carbonyl (C=O) groups is 1. The van der Waals surface area contributed by atoms with E-state index in [9.17, 15) is 21.0 Å². The molecule has 3 heterocycles. The van der Waals surface area contributed by atoms with Crippen LogP contribution in [0.4, 0.5) is 0 Å². The Labute approximate surface area is 268 Å². The summed E-state index contributed by atoms with van der Waals surface area (Å²) >= 11 is 0. The lowest BCUT2D eigenvalue weighted by molar-refractivity contribution is -0.362. The summed E-state index contributed by atoms with van der Waals surface area (Å²) in [6.07, 6.45) is -5.12. The number of azide groups is 3. The Bertz CT molecular complexity index is 1150. The van der Waals surface area contributed by atoms with Crippen molar-refractivity contribution in [3.05, 3.63) is 31.3 Å². The van der Waals surface area contributed by atoms with Gasteiger partial charge in [-0.3, -0.25) is 4.79 Å². The van der Waals surface area contributed by atoms with Crippen molar-refractivity contribution in [3.8, 4) is 0 Å². The maximum Gasteiger partial charge on any atom is 0.305 e. The van der Waals surface area contributed by atoms with Gasteiger partial charge in [-0.05, 0) is 68.0 Å². The maximum atomic E-state index is 11.4. The monoisotopic (exact) mass is 653 g/mol. The number of hydrogen-bond acceptors (Lipinski definition) is 12. The van der Waals surface area contributed by atoms with E-state index in [0.717, 1.165) is 6.42 Å². The van der Waals surface area contributed by atoms with Crippen molar-refractivity contribution in [1.29, 1.82) is 0 Å². The number of nitrogens with zero attached hydrogens (tertiary/aromatic N) is 9. The number of carbonyl (C=O) groups excluding carboxylic acids is 1. The lowest BCUT2D eigenvalue weighted by Crippen LogP contribution is -2.61. The third kappa shape index (κ3) is 9.14. The van der Waals surface area contributed by atoms with Crippen molar-refractivity contribution in [2.24, 2.45) is 33.1 Å². The summed E-state index contributed by atoms with van der Waals surface area (Å²) in [6, 6.07) is -1.82. The molecular weight excluding hydrogens is 606 g/mol. The summed E-state index contributed by atoms with van der Waals surface area (Å²) in [4.78, 5) is 20.3. The first kappa shape index (κ1) is 37.6. The zero-order valence-corrected chi connectivity index (χ0v) is 27.4. The topological polar surface area (TPSA) is 248 Å². The van der Waals surface area contributed by atoms with E-state index in [2.05, 4.69) is 34.8 Å². The number of aliphatic hydroxyl groups is 1. The highest BCUT2D eigenvalue weighted by Crippen LogP contribution is 2.39. The van der Waals surface area contributed by atoms with Crippen molar-refractivity contribution < 1.29 is 43.1 Å². The van der Waals surface area contributed by atoms with Crippen LogP contribution >= 0.6 is 0 Å². The Balaban J connectivity index is 1.84. The molecule has 1 N–H and O–H groups in total. The molecule has 3 aliphatic heterocycles. The summed E-state index contributed by atoms with van der Waals surface area (Å²) in [7, 11) is 1.36. The van der Waals surface area contributed by atoms with Crippen molar-refractivity contribution >= 4 is 5.97 Å². The van der Waals surface area contributed by atoms with Crippen molar-refractivity contribution in [3.63, 3.8) is 0 Å². The molecule has 3 aliphatic rings. The molecule has 18 nitrogen and oxygen atoms in total. The van der Waals surface area contributed by atoms with Gasteiger partial charge in [0.15, 0.2) is 18.9 Å². The summed E-state index contributed by atoms with van der Waals surface area (Å²) in [6.45, 7) is 11.1. The van der Waals surface area contributed by atoms with Crippen LogP contribution in [0.15, 0.2) is 15.3 Å². The number of hydrogen-bond donors (Lipinski definition) is 1. The average molecular weight is 654 g/mol. The number of esters is 1. The van der Waals surface area contributed by atoms with Crippen LogP contribution in [0.3, 0.4) is 0 Å². The van der Waals surface area contributed by atoms with E-state index < -0.39 is 85.5 Å². The fraction of sp³-hybridized carbons (Fsp3) is 0.964. The van der Waals surface area contributed by atoms with Crippen molar-refractivity contribution in [1.82, 2.24) is 0 Å². The molecule has 6 unspecified atom stereocenters. The molecule has 0 saturated carbocycles. The zero-order chi connectivity index (χ0) is 34.0. The molecule has 0 bridgehead atoms. The molecule has 3 rings (SSSR count). The molecule has 18 heteroatoms. The minimum atomic E-state index is -1.15. The molecule has 0 spiro atoms. The number of aliphatic hydroxyl groups excluding tert-OH is 1. The number of methoxy groups -OCH3 is 1. The molecule has 15 atom stereocenters. The third-order valence-electron chi connectivity index (χ3n) is 9.17. The van der Waals surface area contributed by atoms with E-state index in [1.807, 2.05) is 13.8 Å². The highest BCUT2D eigenvalue weighted by Gasteiger charge is 2.51. The SMILES string of the molecule is COC(=O)CCCCCO[C@H]1OC(C)[C@@H](N=[N+]=[N-])[C@H](C)C1O[C@H]1OC(C)[C@@H](N=[N+]=[N-])[C@H](C)C1O[C@H]1OC(C)[C@@H](N=[N+]=[N-])[C@H](C)C1O. The standard InChI is InChI=1S/C28H47N9O9/c1-13-20(32-35-29)16(4)42-26(23(13)39)45-25-15(3)22(34-37-31)18(6)44-28(25)46-24-14(2)21(33-36-30)17(5)43-27(24)41-12-10-8-9-11-19(38)40-7/h13-18,20-28,39H,8-12H2,1-7H3/t13-,14-,15-,16?,17?,18?,20-,21-,22-,23?,24?,25?,26+,27-,28+/m0/s1. The van der Waals surface area contributed by atoms with Gasteiger partial charge < -0.3 is 38.3 Å². The van der Waals surface area contributed by atoms with Crippen LogP contribution in [0.5, 0.6) is 0 Å².